The molecular weight excluding hydrogens is 192 g/mol. The fraction of sp³-hybridized carbons (Fsp3) is 0.727. The van der Waals surface area contributed by atoms with Gasteiger partial charge < -0.3 is 5.73 Å². The van der Waals surface area contributed by atoms with Crippen LogP contribution < -0.4 is 5.73 Å². The van der Waals surface area contributed by atoms with E-state index < -0.39 is 0 Å². The summed E-state index contributed by atoms with van der Waals surface area (Å²) in [5.74, 6) is 0.581. The topological polar surface area (TPSA) is 38.9 Å². The van der Waals surface area contributed by atoms with Gasteiger partial charge in [-0.2, -0.15) is 0 Å². The lowest BCUT2D eigenvalue weighted by molar-refractivity contribution is 0.247. The predicted molar refractivity (Wildman–Crippen MR) is 60.5 cm³/mol. The molecule has 1 aliphatic carbocycles. The Kier molecular flexibility index (Phi) is 2.62. The molecule has 1 atom stereocenters. The highest BCUT2D eigenvalue weighted by molar-refractivity contribution is 7.09. The molecule has 0 aliphatic heterocycles. The first kappa shape index (κ1) is 10.1. The summed E-state index contributed by atoms with van der Waals surface area (Å²) in [5.41, 5.74) is 7.27. The Morgan fingerprint density at radius 1 is 1.64 bits per heavy atom. The molecule has 1 unspecified atom stereocenters. The van der Waals surface area contributed by atoms with Gasteiger partial charge in [-0.3, -0.25) is 0 Å². The molecular formula is C11H18N2S. The van der Waals surface area contributed by atoms with E-state index in [1.807, 2.05) is 0 Å². The highest BCUT2D eigenvalue weighted by Crippen LogP contribution is 2.39. The number of hydrogen-bond acceptors (Lipinski definition) is 3. The Morgan fingerprint density at radius 3 is 2.86 bits per heavy atom. The maximum atomic E-state index is 6.22. The van der Waals surface area contributed by atoms with Crippen LogP contribution in [-0.4, -0.2) is 4.98 Å². The van der Waals surface area contributed by atoms with Crippen LogP contribution in [0.25, 0.3) is 0 Å². The van der Waals surface area contributed by atoms with Crippen LogP contribution in [0, 0.1) is 0 Å². The zero-order valence-corrected chi connectivity index (χ0v) is 9.73. The Morgan fingerprint density at radius 2 is 2.36 bits per heavy atom. The minimum absolute atomic E-state index is 0.0811. The summed E-state index contributed by atoms with van der Waals surface area (Å²) >= 11 is 1.77. The van der Waals surface area contributed by atoms with E-state index in [2.05, 4.69) is 24.2 Å². The van der Waals surface area contributed by atoms with Gasteiger partial charge in [0.05, 0.1) is 16.2 Å². The monoisotopic (exact) mass is 210 g/mol. The first-order valence-electron chi connectivity index (χ1n) is 5.40. The van der Waals surface area contributed by atoms with Crippen molar-refractivity contribution < 1.29 is 0 Å². The van der Waals surface area contributed by atoms with Gasteiger partial charge >= 0.3 is 0 Å². The number of aromatic nitrogens is 1. The largest absolute Gasteiger partial charge is 0.320 e. The summed E-state index contributed by atoms with van der Waals surface area (Å²) in [7, 11) is 0. The highest BCUT2D eigenvalue weighted by atomic mass is 32.1. The van der Waals surface area contributed by atoms with E-state index in [4.69, 9.17) is 5.73 Å². The average molecular weight is 210 g/mol. The summed E-state index contributed by atoms with van der Waals surface area (Å²) in [6, 6.07) is 0. The van der Waals surface area contributed by atoms with E-state index in [0.717, 1.165) is 25.0 Å². The molecule has 1 fully saturated rings. The maximum Gasteiger partial charge on any atom is 0.0957 e. The lowest BCUT2D eigenvalue weighted by Crippen LogP contribution is -2.43. The zero-order chi connectivity index (χ0) is 10.2. The highest BCUT2D eigenvalue weighted by Gasteiger charge is 2.36. The summed E-state index contributed by atoms with van der Waals surface area (Å²) < 4.78 is 0. The molecule has 0 radical (unpaired) electrons. The number of rotatable bonds is 3. The van der Waals surface area contributed by atoms with E-state index in [0.29, 0.717) is 5.92 Å². The van der Waals surface area contributed by atoms with Crippen LogP contribution in [0.4, 0.5) is 0 Å². The number of hydrogen-bond donors (Lipinski definition) is 1. The average Bonchev–Trinajstić information content (AvgIpc) is 2.62. The molecule has 2 N–H and O–H groups in total. The van der Waals surface area contributed by atoms with E-state index in [1.54, 1.807) is 11.3 Å². The van der Waals surface area contributed by atoms with Gasteiger partial charge in [0.1, 0.15) is 0 Å². The fourth-order valence-electron chi connectivity index (χ4n) is 1.73. The second kappa shape index (κ2) is 3.63. The van der Waals surface area contributed by atoms with Crippen molar-refractivity contribution in [2.45, 2.75) is 51.0 Å². The molecule has 14 heavy (non-hydrogen) atoms. The van der Waals surface area contributed by atoms with Gasteiger partial charge in [-0.15, -0.1) is 11.3 Å². The van der Waals surface area contributed by atoms with Gasteiger partial charge in [-0.05, 0) is 25.7 Å². The normalized spacial score (nSPS) is 21.6. The van der Waals surface area contributed by atoms with Crippen molar-refractivity contribution in [3.8, 4) is 0 Å². The van der Waals surface area contributed by atoms with Crippen LogP contribution in [0.15, 0.2) is 5.38 Å². The Labute approximate surface area is 89.5 Å². The molecule has 0 bridgehead atoms. The fourth-order valence-corrected chi connectivity index (χ4v) is 2.80. The number of thiazole rings is 1. The smallest absolute Gasteiger partial charge is 0.0957 e. The van der Waals surface area contributed by atoms with E-state index in [-0.39, 0.29) is 5.54 Å². The van der Waals surface area contributed by atoms with E-state index >= 15 is 0 Å². The lowest BCUT2D eigenvalue weighted by atomic mass is 9.76. The number of nitrogens with zero attached hydrogens (tertiary/aromatic N) is 1. The minimum Gasteiger partial charge on any atom is -0.320 e. The quantitative estimate of drug-likeness (QED) is 0.833. The van der Waals surface area contributed by atoms with Crippen molar-refractivity contribution in [2.24, 2.45) is 5.73 Å². The van der Waals surface area contributed by atoms with Crippen molar-refractivity contribution in [3.63, 3.8) is 0 Å². The van der Waals surface area contributed by atoms with Crippen LogP contribution in [0.1, 0.15) is 56.2 Å². The molecule has 1 saturated carbocycles. The number of nitrogens with two attached hydrogens (primary N) is 1. The molecule has 0 saturated heterocycles. The minimum atomic E-state index is -0.0811. The zero-order valence-electron chi connectivity index (χ0n) is 8.92. The maximum absolute atomic E-state index is 6.22. The van der Waals surface area contributed by atoms with Gasteiger partial charge in [0.25, 0.3) is 0 Å². The van der Waals surface area contributed by atoms with Crippen molar-refractivity contribution in [3.05, 3.63) is 16.1 Å². The molecule has 1 aliphatic rings. The first-order valence-corrected chi connectivity index (χ1v) is 6.28. The summed E-state index contributed by atoms with van der Waals surface area (Å²) in [6.45, 7) is 4.43. The molecule has 0 aromatic carbocycles. The van der Waals surface area contributed by atoms with Crippen LogP contribution in [0.3, 0.4) is 0 Å². The predicted octanol–water partition coefficient (Wildman–Crippen LogP) is 2.99. The molecule has 2 nitrogen and oxygen atoms in total. The summed E-state index contributed by atoms with van der Waals surface area (Å²) in [6.07, 6.45) is 4.63. The van der Waals surface area contributed by atoms with Gasteiger partial charge in [0, 0.05) is 11.3 Å². The summed E-state index contributed by atoms with van der Waals surface area (Å²) in [5, 5.41) is 3.40. The lowest BCUT2D eigenvalue weighted by Gasteiger charge is -2.36. The standard InChI is InChI=1S/C11H18N2S/c1-3-8(2)10-13-9(7-14-10)11(12)5-4-6-11/h7-8H,3-6,12H2,1-2H3. The second-order valence-corrected chi connectivity index (χ2v) is 5.28. The van der Waals surface area contributed by atoms with Crippen LogP contribution in [-0.2, 0) is 5.54 Å². The third kappa shape index (κ3) is 1.59. The van der Waals surface area contributed by atoms with E-state index in [9.17, 15) is 0 Å². The first-order chi connectivity index (χ1) is 6.65. The van der Waals surface area contributed by atoms with E-state index in [1.165, 1.54) is 11.4 Å². The van der Waals surface area contributed by atoms with Gasteiger partial charge in [-0.25, -0.2) is 4.98 Å². The molecule has 0 spiro atoms. The molecule has 78 valence electrons. The SMILES string of the molecule is CCC(C)c1nc(C2(N)CCC2)cs1. The molecule has 1 aromatic rings. The molecule has 0 amide bonds. The van der Waals surface area contributed by atoms with Crippen LogP contribution in [0.2, 0.25) is 0 Å². The van der Waals surface area contributed by atoms with Crippen molar-refractivity contribution in [1.29, 1.82) is 0 Å². The van der Waals surface area contributed by atoms with Crippen molar-refractivity contribution in [2.75, 3.05) is 0 Å². The molecule has 1 heterocycles. The van der Waals surface area contributed by atoms with Crippen molar-refractivity contribution in [1.82, 2.24) is 4.98 Å². The Bertz CT molecular complexity index is 315. The van der Waals surface area contributed by atoms with Gasteiger partial charge in [0.15, 0.2) is 0 Å². The Balaban J connectivity index is 2.17. The molecule has 1 aromatic heterocycles. The third-order valence-corrected chi connectivity index (χ3v) is 4.39. The van der Waals surface area contributed by atoms with Crippen LogP contribution >= 0.6 is 11.3 Å². The Hall–Kier alpha value is -0.410. The van der Waals surface area contributed by atoms with Gasteiger partial charge in [-0.1, -0.05) is 13.8 Å². The van der Waals surface area contributed by atoms with Crippen molar-refractivity contribution >= 4 is 11.3 Å². The third-order valence-electron chi connectivity index (χ3n) is 3.31. The summed E-state index contributed by atoms with van der Waals surface area (Å²) in [4.78, 5) is 4.67. The second-order valence-electron chi connectivity index (χ2n) is 4.39. The van der Waals surface area contributed by atoms with Gasteiger partial charge in [0.2, 0.25) is 0 Å². The molecule has 3 heteroatoms. The van der Waals surface area contributed by atoms with Crippen LogP contribution in [0.5, 0.6) is 0 Å². The molecule has 2 rings (SSSR count).